The fourth-order valence-corrected chi connectivity index (χ4v) is 3.26. The first-order valence-electron chi connectivity index (χ1n) is 11.8. The third-order valence-electron chi connectivity index (χ3n) is 4.65. The van der Waals surface area contributed by atoms with Gasteiger partial charge in [-0.3, -0.25) is 9.78 Å². The van der Waals surface area contributed by atoms with Crippen LogP contribution in [-0.2, 0) is 18.7 Å². The summed E-state index contributed by atoms with van der Waals surface area (Å²) in [7, 11) is -4.56. The van der Waals surface area contributed by atoms with Crippen molar-refractivity contribution in [3.63, 3.8) is 0 Å². The Morgan fingerprint density at radius 1 is 0.806 bits per heavy atom. The zero-order valence-corrected chi connectivity index (χ0v) is 20.4. The fourth-order valence-electron chi connectivity index (χ4n) is 2.90. The van der Waals surface area contributed by atoms with Crippen LogP contribution in [0.1, 0.15) is 96.8 Å². The van der Waals surface area contributed by atoms with E-state index in [1.807, 2.05) is 0 Å². The van der Waals surface area contributed by atoms with E-state index in [2.05, 4.69) is 16.3 Å². The molecule has 1 unspecified atom stereocenters. The monoisotopic (exact) mass is 473 g/mol. The first-order valence-corrected chi connectivity index (χ1v) is 13.3. The maximum atomic E-state index is 10.6. The van der Waals surface area contributed by atoms with Crippen molar-refractivity contribution in [2.75, 3.05) is 33.0 Å². The summed E-state index contributed by atoms with van der Waals surface area (Å²) in [5, 5.41) is 16.4. The standard InChI is InChI=1S/C19H41O7P.C2H7NO/c1-2-3-4-5-6-7-8-9-10-11-12-13-14-15-16-24-17-19(26-20)18-25-27(21,22)23;3-1-2-4/h19-20H,2-18H2,1H3,(H2,21,22,23);4H,1-3H2. The molecule has 0 spiro atoms. The second-order valence-corrected chi connectivity index (χ2v) is 8.94. The van der Waals surface area contributed by atoms with E-state index in [1.165, 1.54) is 77.0 Å². The SMILES string of the molecule is CCCCCCCCCCCCCCCCOCC(COP(=O)(O)O)OO.NCCO. The highest BCUT2D eigenvalue weighted by atomic mass is 31.2. The van der Waals surface area contributed by atoms with Gasteiger partial charge in [-0.2, -0.15) is 0 Å². The van der Waals surface area contributed by atoms with Gasteiger partial charge in [0.2, 0.25) is 0 Å². The van der Waals surface area contributed by atoms with Crippen LogP contribution in [0.3, 0.4) is 0 Å². The van der Waals surface area contributed by atoms with Gasteiger partial charge in [-0.05, 0) is 6.42 Å². The van der Waals surface area contributed by atoms with Crippen molar-refractivity contribution >= 4 is 7.82 Å². The Morgan fingerprint density at radius 2 is 1.23 bits per heavy atom. The Hall–Kier alpha value is -0.0900. The Morgan fingerprint density at radius 3 is 1.58 bits per heavy atom. The van der Waals surface area contributed by atoms with Crippen molar-refractivity contribution in [3.8, 4) is 0 Å². The van der Waals surface area contributed by atoms with Gasteiger partial charge in [-0.25, -0.2) is 9.45 Å². The van der Waals surface area contributed by atoms with E-state index < -0.39 is 20.5 Å². The van der Waals surface area contributed by atoms with Crippen molar-refractivity contribution < 1.29 is 38.9 Å². The van der Waals surface area contributed by atoms with Crippen molar-refractivity contribution in [1.29, 1.82) is 0 Å². The Kier molecular flexibility index (Phi) is 27.9. The number of hydrogen-bond acceptors (Lipinski definition) is 7. The Labute approximate surface area is 188 Å². The van der Waals surface area contributed by atoms with Crippen LogP contribution in [0.2, 0.25) is 0 Å². The predicted molar refractivity (Wildman–Crippen MR) is 123 cm³/mol. The largest absolute Gasteiger partial charge is 0.469 e. The van der Waals surface area contributed by atoms with Gasteiger partial charge in [-0.15, -0.1) is 0 Å². The molecule has 1 atom stereocenters. The lowest BCUT2D eigenvalue weighted by atomic mass is 10.0. The molecule has 0 amide bonds. The van der Waals surface area contributed by atoms with Gasteiger partial charge in [0.15, 0.2) is 0 Å². The molecule has 190 valence electrons. The lowest BCUT2D eigenvalue weighted by Gasteiger charge is -2.14. The quantitative estimate of drug-likeness (QED) is 0.0667. The van der Waals surface area contributed by atoms with Gasteiger partial charge < -0.3 is 25.4 Å². The van der Waals surface area contributed by atoms with Crippen LogP contribution in [0.25, 0.3) is 0 Å². The minimum Gasteiger partial charge on any atom is -0.395 e. The number of ether oxygens (including phenoxy) is 1. The average Bonchev–Trinajstić information content (AvgIpc) is 2.75. The van der Waals surface area contributed by atoms with Gasteiger partial charge in [0.05, 0.1) is 19.8 Å². The molecular formula is C21H48NO8P. The third-order valence-corrected chi connectivity index (χ3v) is 5.14. The van der Waals surface area contributed by atoms with Crippen LogP contribution in [0.5, 0.6) is 0 Å². The summed E-state index contributed by atoms with van der Waals surface area (Å²) in [6.07, 6.45) is 17.2. The summed E-state index contributed by atoms with van der Waals surface area (Å²) in [5.74, 6) is 0. The van der Waals surface area contributed by atoms with Gasteiger partial charge in [0.1, 0.15) is 6.10 Å². The van der Waals surface area contributed by atoms with Crippen LogP contribution in [0.4, 0.5) is 0 Å². The van der Waals surface area contributed by atoms with Crippen LogP contribution >= 0.6 is 7.82 Å². The summed E-state index contributed by atoms with van der Waals surface area (Å²) in [4.78, 5) is 21.2. The zero-order chi connectivity index (χ0) is 23.6. The lowest BCUT2D eigenvalue weighted by molar-refractivity contribution is -0.292. The second-order valence-electron chi connectivity index (χ2n) is 7.70. The topological polar surface area (TPSA) is 152 Å². The molecular weight excluding hydrogens is 425 g/mol. The molecule has 0 rings (SSSR count). The molecule has 0 fully saturated rings. The number of rotatable bonds is 22. The van der Waals surface area contributed by atoms with E-state index in [-0.39, 0.29) is 13.2 Å². The van der Waals surface area contributed by atoms with Crippen molar-refractivity contribution in [3.05, 3.63) is 0 Å². The first-order chi connectivity index (χ1) is 14.9. The summed E-state index contributed by atoms with van der Waals surface area (Å²) >= 11 is 0. The normalized spacial score (nSPS) is 12.5. The van der Waals surface area contributed by atoms with Crippen LogP contribution in [-0.4, -0.2) is 59.2 Å². The molecule has 0 aromatic heterocycles. The molecule has 31 heavy (non-hydrogen) atoms. The van der Waals surface area contributed by atoms with Gasteiger partial charge in [-0.1, -0.05) is 90.4 Å². The predicted octanol–water partition coefficient (Wildman–Crippen LogP) is 4.39. The minimum atomic E-state index is -4.56. The molecule has 0 bridgehead atoms. The highest BCUT2D eigenvalue weighted by Gasteiger charge is 2.19. The van der Waals surface area contributed by atoms with Crippen LogP contribution in [0.15, 0.2) is 0 Å². The van der Waals surface area contributed by atoms with E-state index in [1.54, 1.807) is 0 Å². The summed E-state index contributed by atoms with van der Waals surface area (Å²) in [5.41, 5.74) is 4.78. The maximum absolute atomic E-state index is 10.6. The molecule has 0 aliphatic rings. The molecule has 0 heterocycles. The molecule has 0 aromatic carbocycles. The number of nitrogens with two attached hydrogens (primary N) is 1. The molecule has 9 nitrogen and oxygen atoms in total. The smallest absolute Gasteiger partial charge is 0.395 e. The van der Waals surface area contributed by atoms with Crippen molar-refractivity contribution in [2.24, 2.45) is 5.73 Å². The van der Waals surface area contributed by atoms with E-state index in [4.69, 9.17) is 30.6 Å². The lowest BCUT2D eigenvalue weighted by Crippen LogP contribution is -2.24. The minimum absolute atomic E-state index is 0.0367. The molecule has 0 aliphatic carbocycles. The highest BCUT2D eigenvalue weighted by molar-refractivity contribution is 7.46. The number of hydrogen-bond donors (Lipinski definition) is 5. The second kappa shape index (κ2) is 26.2. The average molecular weight is 474 g/mol. The summed E-state index contributed by atoms with van der Waals surface area (Å²) < 4.78 is 20.2. The van der Waals surface area contributed by atoms with Gasteiger partial charge in [0, 0.05) is 13.2 Å². The van der Waals surface area contributed by atoms with Gasteiger partial charge >= 0.3 is 7.82 Å². The number of phosphoric acid groups is 1. The molecule has 0 aromatic rings. The van der Waals surface area contributed by atoms with Crippen LogP contribution < -0.4 is 5.73 Å². The molecule has 6 N–H and O–H groups in total. The summed E-state index contributed by atoms with van der Waals surface area (Å²) in [6, 6.07) is 0. The van der Waals surface area contributed by atoms with E-state index >= 15 is 0 Å². The van der Waals surface area contributed by atoms with Gasteiger partial charge in [0.25, 0.3) is 0 Å². The first kappa shape index (κ1) is 33.1. The zero-order valence-electron chi connectivity index (χ0n) is 19.5. The molecule has 0 aliphatic heterocycles. The number of phosphoric ester groups is 1. The van der Waals surface area contributed by atoms with Crippen LogP contribution in [0, 0.1) is 0 Å². The van der Waals surface area contributed by atoms with E-state index in [0.29, 0.717) is 13.2 Å². The molecule has 0 radical (unpaired) electrons. The molecule has 0 saturated carbocycles. The van der Waals surface area contributed by atoms with Crippen molar-refractivity contribution in [1.82, 2.24) is 0 Å². The Balaban J connectivity index is 0. The fraction of sp³-hybridized carbons (Fsp3) is 1.00. The van der Waals surface area contributed by atoms with E-state index in [9.17, 15) is 4.57 Å². The number of unbranched alkanes of at least 4 members (excludes halogenated alkanes) is 13. The Bertz CT molecular complexity index is 382. The number of aliphatic hydroxyl groups excluding tert-OH is 1. The highest BCUT2D eigenvalue weighted by Crippen LogP contribution is 2.35. The van der Waals surface area contributed by atoms with Crippen molar-refractivity contribution in [2.45, 2.75) is 103 Å². The number of aliphatic hydroxyl groups is 1. The maximum Gasteiger partial charge on any atom is 0.469 e. The molecule has 0 saturated heterocycles. The van der Waals surface area contributed by atoms with E-state index in [0.717, 1.165) is 12.8 Å². The third kappa shape index (κ3) is 32.2. The summed E-state index contributed by atoms with van der Waals surface area (Å²) in [6.45, 7) is 2.88. The molecule has 10 heteroatoms.